The van der Waals surface area contributed by atoms with E-state index in [0.29, 0.717) is 0 Å². The first kappa shape index (κ1) is 10.6. The molecule has 0 aliphatic rings. The van der Waals surface area contributed by atoms with Gasteiger partial charge in [-0.3, -0.25) is 25.0 Å². The van der Waals surface area contributed by atoms with Gasteiger partial charge in [0.2, 0.25) is 0 Å². The summed E-state index contributed by atoms with van der Waals surface area (Å²) in [4.78, 5) is 29.2. The number of carbonyl (C=O) groups is 1. The Morgan fingerprint density at radius 2 is 1.60 bits per heavy atom. The van der Waals surface area contributed by atoms with Gasteiger partial charge in [0.15, 0.2) is 0 Å². The molecule has 0 unspecified atom stereocenters. The van der Waals surface area contributed by atoms with Gasteiger partial charge >= 0.3 is 11.4 Å². The number of nitro groups is 2. The smallest absolute Gasteiger partial charge is 0.318 e. The normalized spacial score (nSPS) is 9.33. The first-order valence-electron chi connectivity index (χ1n) is 3.60. The number of ether oxygens (including phenoxy) is 1. The van der Waals surface area contributed by atoms with Gasteiger partial charge in [-0.1, -0.05) is 0 Å². The summed E-state index contributed by atoms with van der Waals surface area (Å²) in [6.45, 7) is -0.102. The van der Waals surface area contributed by atoms with E-state index in [2.05, 4.69) is 4.74 Å². The summed E-state index contributed by atoms with van der Waals surface area (Å²) in [6.07, 6.45) is 0. The number of rotatable bonds is 4. The van der Waals surface area contributed by atoms with Crippen LogP contribution in [-0.4, -0.2) is 16.3 Å². The lowest BCUT2D eigenvalue weighted by molar-refractivity contribution is -0.395. The van der Waals surface area contributed by atoms with Crippen molar-refractivity contribution in [3.63, 3.8) is 0 Å². The number of carbonyl (C=O) groups excluding carboxylic acids is 1. The maximum absolute atomic E-state index is 10.5. The number of nitrogens with zero attached hydrogens (tertiary/aromatic N) is 2. The van der Waals surface area contributed by atoms with Crippen molar-refractivity contribution in [2.45, 2.75) is 0 Å². The zero-order valence-corrected chi connectivity index (χ0v) is 7.15. The molecular weight excluding hydrogens is 208 g/mol. The van der Waals surface area contributed by atoms with E-state index in [1.165, 1.54) is 0 Å². The number of hydrogen-bond donors (Lipinski definition) is 0. The Labute approximate surface area is 82.4 Å². The topological polar surface area (TPSA) is 113 Å². The molecule has 0 amide bonds. The standard InChI is InChI=1S/C7H4N2O6/c10-4-15-7-5(8(11)12)2-1-3-6(7)9(13)14/h1-4H. The molecule has 0 aliphatic carbocycles. The molecule has 15 heavy (non-hydrogen) atoms. The summed E-state index contributed by atoms with van der Waals surface area (Å²) in [6, 6.07) is 3.14. The van der Waals surface area contributed by atoms with Gasteiger partial charge < -0.3 is 4.74 Å². The van der Waals surface area contributed by atoms with E-state index in [1.54, 1.807) is 0 Å². The average molecular weight is 212 g/mol. The van der Waals surface area contributed by atoms with Crippen LogP contribution < -0.4 is 4.74 Å². The summed E-state index contributed by atoms with van der Waals surface area (Å²) in [5.41, 5.74) is -1.26. The van der Waals surface area contributed by atoms with Crippen molar-refractivity contribution < 1.29 is 19.4 Å². The zero-order valence-electron chi connectivity index (χ0n) is 7.15. The van der Waals surface area contributed by atoms with Crippen LogP contribution in [0.4, 0.5) is 11.4 Å². The fourth-order valence-electron chi connectivity index (χ4n) is 0.969. The summed E-state index contributed by atoms with van der Waals surface area (Å²) in [5, 5.41) is 20.9. The molecule has 8 nitrogen and oxygen atoms in total. The van der Waals surface area contributed by atoms with Crippen molar-refractivity contribution in [1.82, 2.24) is 0 Å². The molecule has 0 radical (unpaired) electrons. The molecule has 0 heterocycles. The van der Waals surface area contributed by atoms with E-state index < -0.39 is 27.0 Å². The molecule has 0 saturated heterocycles. The van der Waals surface area contributed by atoms with Crippen LogP contribution in [-0.2, 0) is 4.79 Å². The largest absolute Gasteiger partial charge is 0.414 e. The fourth-order valence-corrected chi connectivity index (χ4v) is 0.969. The van der Waals surface area contributed by atoms with E-state index in [1.807, 2.05) is 0 Å². The lowest BCUT2D eigenvalue weighted by Crippen LogP contribution is -2.00. The maximum atomic E-state index is 10.5. The minimum atomic E-state index is -0.869. The van der Waals surface area contributed by atoms with Gasteiger partial charge in [0, 0.05) is 12.1 Å². The second kappa shape index (κ2) is 4.13. The molecule has 0 spiro atoms. The molecule has 1 aromatic rings. The highest BCUT2D eigenvalue weighted by Crippen LogP contribution is 2.35. The lowest BCUT2D eigenvalue weighted by Gasteiger charge is -2.00. The molecular formula is C7H4N2O6. The van der Waals surface area contributed by atoms with E-state index >= 15 is 0 Å². The Morgan fingerprint density at radius 1 is 1.13 bits per heavy atom. The molecule has 1 rings (SSSR count). The minimum absolute atomic E-state index is 0.102. The van der Waals surface area contributed by atoms with Crippen LogP contribution in [0.5, 0.6) is 5.75 Å². The predicted molar refractivity (Wildman–Crippen MR) is 46.4 cm³/mol. The van der Waals surface area contributed by atoms with Gasteiger partial charge in [0.25, 0.3) is 12.2 Å². The SMILES string of the molecule is O=COc1c([N+](=O)[O-])cccc1[N+](=O)[O-]. The van der Waals surface area contributed by atoms with Gasteiger partial charge in [0.05, 0.1) is 9.85 Å². The molecule has 78 valence electrons. The van der Waals surface area contributed by atoms with Crippen LogP contribution >= 0.6 is 0 Å². The van der Waals surface area contributed by atoms with Gasteiger partial charge in [-0.05, 0) is 6.07 Å². The first-order valence-corrected chi connectivity index (χ1v) is 3.60. The highest BCUT2D eigenvalue weighted by atomic mass is 16.6. The van der Waals surface area contributed by atoms with Crippen molar-refractivity contribution in [2.24, 2.45) is 0 Å². The van der Waals surface area contributed by atoms with Crippen LogP contribution in [0.15, 0.2) is 18.2 Å². The van der Waals surface area contributed by atoms with Gasteiger partial charge in [-0.25, -0.2) is 0 Å². The van der Waals surface area contributed by atoms with Crippen molar-refractivity contribution in [1.29, 1.82) is 0 Å². The second-order valence-electron chi connectivity index (χ2n) is 2.35. The molecule has 8 heteroatoms. The minimum Gasteiger partial charge on any atom is -0.414 e. The third-order valence-electron chi connectivity index (χ3n) is 1.53. The summed E-state index contributed by atoms with van der Waals surface area (Å²) >= 11 is 0. The monoisotopic (exact) mass is 212 g/mol. The van der Waals surface area contributed by atoms with E-state index in [9.17, 15) is 25.0 Å². The Hall–Kier alpha value is -2.51. The van der Waals surface area contributed by atoms with Gasteiger partial charge in [0.1, 0.15) is 0 Å². The summed E-state index contributed by atoms with van der Waals surface area (Å²) < 4.78 is 4.23. The van der Waals surface area contributed by atoms with Crippen LogP contribution in [0.2, 0.25) is 0 Å². The molecule has 0 saturated carbocycles. The molecule has 0 aliphatic heterocycles. The zero-order chi connectivity index (χ0) is 11.4. The van der Waals surface area contributed by atoms with Crippen molar-refractivity contribution in [2.75, 3.05) is 0 Å². The Morgan fingerprint density at radius 3 is 1.93 bits per heavy atom. The van der Waals surface area contributed by atoms with Gasteiger partial charge in [-0.2, -0.15) is 0 Å². The number of nitro benzene ring substituents is 2. The van der Waals surface area contributed by atoms with E-state index in [0.717, 1.165) is 18.2 Å². The van der Waals surface area contributed by atoms with E-state index in [-0.39, 0.29) is 6.47 Å². The number of para-hydroxylation sites is 1. The molecule has 1 aromatic carbocycles. The molecule has 0 aromatic heterocycles. The Balaban J connectivity index is 3.40. The highest BCUT2D eigenvalue weighted by molar-refractivity contribution is 5.64. The molecule has 0 atom stereocenters. The fraction of sp³-hybridized carbons (Fsp3) is 0. The highest BCUT2D eigenvalue weighted by Gasteiger charge is 2.26. The quantitative estimate of drug-likeness (QED) is 0.418. The maximum Gasteiger partial charge on any atom is 0.318 e. The van der Waals surface area contributed by atoms with E-state index in [4.69, 9.17) is 0 Å². The molecule has 0 bridgehead atoms. The first-order chi connectivity index (χ1) is 7.07. The van der Waals surface area contributed by atoms with Crippen molar-refractivity contribution in [3.05, 3.63) is 38.4 Å². The van der Waals surface area contributed by atoms with Crippen LogP contribution in [0.25, 0.3) is 0 Å². The number of hydrogen-bond acceptors (Lipinski definition) is 6. The van der Waals surface area contributed by atoms with Gasteiger partial charge in [-0.15, -0.1) is 0 Å². The average Bonchev–Trinajstić information content (AvgIpc) is 2.17. The van der Waals surface area contributed by atoms with Crippen LogP contribution in [0.1, 0.15) is 0 Å². The predicted octanol–water partition coefficient (Wildman–Crippen LogP) is 1.04. The van der Waals surface area contributed by atoms with Crippen molar-refractivity contribution >= 4 is 17.8 Å². The third-order valence-corrected chi connectivity index (χ3v) is 1.53. The van der Waals surface area contributed by atoms with Crippen LogP contribution in [0, 0.1) is 20.2 Å². The second-order valence-corrected chi connectivity index (χ2v) is 2.35. The van der Waals surface area contributed by atoms with Crippen molar-refractivity contribution in [3.8, 4) is 5.75 Å². The lowest BCUT2D eigenvalue weighted by atomic mass is 10.2. The Kier molecular flexibility index (Phi) is 2.91. The number of benzene rings is 1. The van der Waals surface area contributed by atoms with Crippen LogP contribution in [0.3, 0.4) is 0 Å². The molecule has 0 N–H and O–H groups in total. The summed E-state index contributed by atoms with van der Waals surface area (Å²) in [5.74, 6) is -0.664. The Bertz CT molecular complexity index is 397. The third kappa shape index (κ3) is 2.05. The molecule has 0 fully saturated rings. The summed E-state index contributed by atoms with van der Waals surface area (Å²) in [7, 11) is 0.